The van der Waals surface area contributed by atoms with E-state index in [0.29, 0.717) is 11.2 Å². The van der Waals surface area contributed by atoms with Gasteiger partial charge in [0.1, 0.15) is 6.33 Å². The Balaban J connectivity index is 2.80. The van der Waals surface area contributed by atoms with E-state index in [4.69, 9.17) is 5.73 Å². The van der Waals surface area contributed by atoms with Gasteiger partial charge in [-0.15, -0.1) is 10.2 Å². The van der Waals surface area contributed by atoms with Crippen LogP contribution in [0.15, 0.2) is 6.33 Å². The largest absolute Gasteiger partial charge is 0.380 e. The minimum Gasteiger partial charge on any atom is -0.380 e. The summed E-state index contributed by atoms with van der Waals surface area (Å²) in [6, 6.07) is 0. The Morgan fingerprint density at radius 1 is 1.50 bits per heavy atom. The van der Waals surface area contributed by atoms with Crippen molar-refractivity contribution in [3.63, 3.8) is 0 Å². The third-order valence-corrected chi connectivity index (χ3v) is 1.52. The molecule has 0 aromatic carbocycles. The van der Waals surface area contributed by atoms with Crippen LogP contribution in [-0.4, -0.2) is 32.1 Å². The molecule has 0 saturated heterocycles. The zero-order valence-electron chi connectivity index (χ0n) is 6.39. The standard InChI is InChI=1S/C5H7N7/c1-7-12-2-8-3-4(6)9-11-10-5(3)12/h2,7H,1H3,(H2,6,9,10). The average Bonchev–Trinajstić information content (AvgIpc) is 2.49. The summed E-state index contributed by atoms with van der Waals surface area (Å²) in [5.74, 6) is 0.286. The number of hydrogen-bond acceptors (Lipinski definition) is 6. The quantitative estimate of drug-likeness (QED) is 0.561. The first-order valence-corrected chi connectivity index (χ1v) is 3.32. The summed E-state index contributed by atoms with van der Waals surface area (Å²) >= 11 is 0. The lowest BCUT2D eigenvalue weighted by Crippen LogP contribution is -2.08. The maximum atomic E-state index is 5.51. The van der Waals surface area contributed by atoms with Crippen molar-refractivity contribution >= 4 is 17.0 Å². The number of nitrogens with one attached hydrogen (secondary N) is 1. The highest BCUT2D eigenvalue weighted by Gasteiger charge is 2.06. The van der Waals surface area contributed by atoms with Crippen molar-refractivity contribution in [3.8, 4) is 0 Å². The Labute approximate surface area is 67.6 Å². The number of hydrogen-bond donors (Lipinski definition) is 2. The smallest absolute Gasteiger partial charge is 0.206 e. The molecule has 0 aliphatic carbocycles. The minimum atomic E-state index is 0.286. The molecular weight excluding hydrogens is 158 g/mol. The van der Waals surface area contributed by atoms with E-state index in [1.54, 1.807) is 18.1 Å². The number of nitrogen functional groups attached to an aromatic ring is 1. The maximum Gasteiger partial charge on any atom is 0.206 e. The van der Waals surface area contributed by atoms with Crippen LogP contribution < -0.4 is 11.2 Å². The van der Waals surface area contributed by atoms with Crippen LogP contribution in [0.25, 0.3) is 11.2 Å². The van der Waals surface area contributed by atoms with Crippen LogP contribution >= 0.6 is 0 Å². The number of anilines is 1. The van der Waals surface area contributed by atoms with E-state index >= 15 is 0 Å². The highest BCUT2D eigenvalue weighted by molar-refractivity contribution is 5.80. The molecule has 12 heavy (non-hydrogen) atoms. The first-order chi connectivity index (χ1) is 5.83. The van der Waals surface area contributed by atoms with Gasteiger partial charge in [0.25, 0.3) is 0 Å². The van der Waals surface area contributed by atoms with Gasteiger partial charge in [-0.25, -0.2) is 9.66 Å². The van der Waals surface area contributed by atoms with Gasteiger partial charge in [0.2, 0.25) is 5.65 Å². The van der Waals surface area contributed by atoms with E-state index in [2.05, 4.69) is 25.8 Å². The number of aromatic nitrogens is 5. The van der Waals surface area contributed by atoms with Gasteiger partial charge < -0.3 is 11.2 Å². The van der Waals surface area contributed by atoms with Gasteiger partial charge >= 0.3 is 0 Å². The number of fused-ring (bicyclic) bond motifs is 1. The summed E-state index contributed by atoms with van der Waals surface area (Å²) in [4.78, 5) is 4.00. The number of nitrogens with two attached hydrogens (primary N) is 1. The van der Waals surface area contributed by atoms with Crippen molar-refractivity contribution < 1.29 is 0 Å². The summed E-state index contributed by atoms with van der Waals surface area (Å²) in [5, 5.41) is 10.8. The molecule has 7 heteroatoms. The van der Waals surface area contributed by atoms with Gasteiger partial charge in [0, 0.05) is 7.05 Å². The lowest BCUT2D eigenvalue weighted by atomic mass is 10.5. The molecule has 0 atom stereocenters. The van der Waals surface area contributed by atoms with Crippen molar-refractivity contribution in [3.05, 3.63) is 6.33 Å². The minimum absolute atomic E-state index is 0.286. The Hall–Kier alpha value is -1.92. The molecule has 0 spiro atoms. The van der Waals surface area contributed by atoms with Crippen LogP contribution in [0.3, 0.4) is 0 Å². The molecule has 2 aromatic heterocycles. The lowest BCUT2D eigenvalue weighted by molar-refractivity contribution is 0.859. The second-order valence-corrected chi connectivity index (χ2v) is 2.19. The van der Waals surface area contributed by atoms with Crippen LogP contribution in [0.1, 0.15) is 0 Å². The summed E-state index contributed by atoms with van der Waals surface area (Å²) in [7, 11) is 1.75. The van der Waals surface area contributed by atoms with Crippen LogP contribution in [0.4, 0.5) is 5.82 Å². The first kappa shape index (κ1) is 6.77. The molecule has 0 fully saturated rings. The van der Waals surface area contributed by atoms with Gasteiger partial charge in [0.15, 0.2) is 11.3 Å². The van der Waals surface area contributed by atoms with E-state index in [-0.39, 0.29) is 5.82 Å². The van der Waals surface area contributed by atoms with E-state index in [9.17, 15) is 0 Å². The van der Waals surface area contributed by atoms with Crippen LogP contribution in [0, 0.1) is 0 Å². The second-order valence-electron chi connectivity index (χ2n) is 2.19. The zero-order valence-corrected chi connectivity index (χ0v) is 6.39. The van der Waals surface area contributed by atoms with Crippen molar-refractivity contribution in [1.29, 1.82) is 0 Å². The van der Waals surface area contributed by atoms with Gasteiger partial charge in [0.05, 0.1) is 0 Å². The Bertz CT molecular complexity index is 405. The topological polar surface area (TPSA) is 94.5 Å². The van der Waals surface area contributed by atoms with E-state index in [1.165, 1.54) is 0 Å². The number of rotatable bonds is 1. The Morgan fingerprint density at radius 3 is 3.08 bits per heavy atom. The van der Waals surface area contributed by atoms with E-state index in [1.807, 2.05) is 0 Å². The summed E-state index contributed by atoms with van der Waals surface area (Å²) in [5.41, 5.74) is 9.48. The van der Waals surface area contributed by atoms with Crippen molar-refractivity contribution in [1.82, 2.24) is 25.1 Å². The van der Waals surface area contributed by atoms with Crippen molar-refractivity contribution in [2.24, 2.45) is 0 Å². The monoisotopic (exact) mass is 165 g/mol. The van der Waals surface area contributed by atoms with Crippen molar-refractivity contribution in [2.75, 3.05) is 18.2 Å². The van der Waals surface area contributed by atoms with Crippen LogP contribution in [0.2, 0.25) is 0 Å². The molecule has 62 valence electrons. The molecule has 2 rings (SSSR count). The molecule has 2 aromatic rings. The highest BCUT2D eigenvalue weighted by atomic mass is 15.5. The van der Waals surface area contributed by atoms with Gasteiger partial charge in [-0.3, -0.25) is 0 Å². The Morgan fingerprint density at radius 2 is 2.33 bits per heavy atom. The lowest BCUT2D eigenvalue weighted by Gasteiger charge is -1.98. The molecule has 0 aliphatic rings. The number of imidazole rings is 1. The third kappa shape index (κ3) is 0.760. The molecule has 0 saturated carbocycles. The summed E-state index contributed by atoms with van der Waals surface area (Å²) < 4.78 is 1.61. The molecule has 0 unspecified atom stereocenters. The van der Waals surface area contributed by atoms with Gasteiger partial charge in [-0.2, -0.15) is 0 Å². The zero-order chi connectivity index (χ0) is 8.55. The molecule has 0 aliphatic heterocycles. The third-order valence-electron chi connectivity index (χ3n) is 1.52. The van der Waals surface area contributed by atoms with E-state index in [0.717, 1.165) is 0 Å². The first-order valence-electron chi connectivity index (χ1n) is 3.32. The molecule has 0 amide bonds. The highest BCUT2D eigenvalue weighted by Crippen LogP contribution is 2.10. The predicted molar refractivity (Wildman–Crippen MR) is 42.8 cm³/mol. The van der Waals surface area contributed by atoms with Crippen LogP contribution in [0.5, 0.6) is 0 Å². The van der Waals surface area contributed by atoms with Crippen LogP contribution in [-0.2, 0) is 0 Å². The summed E-state index contributed by atoms with van der Waals surface area (Å²) in [6.07, 6.45) is 1.57. The van der Waals surface area contributed by atoms with Gasteiger partial charge in [-0.05, 0) is 5.21 Å². The molecule has 3 N–H and O–H groups in total. The number of nitrogens with zero attached hydrogens (tertiary/aromatic N) is 5. The molecule has 7 nitrogen and oxygen atoms in total. The maximum absolute atomic E-state index is 5.51. The van der Waals surface area contributed by atoms with E-state index < -0.39 is 0 Å². The molecule has 0 radical (unpaired) electrons. The normalized spacial score (nSPS) is 10.4. The molecule has 0 bridgehead atoms. The fraction of sp³-hybridized carbons (Fsp3) is 0.200. The average molecular weight is 165 g/mol. The second kappa shape index (κ2) is 2.29. The molecule has 2 heterocycles. The Kier molecular flexibility index (Phi) is 1.29. The predicted octanol–water partition coefficient (Wildman–Crippen LogP) is -1.02. The SMILES string of the molecule is CNn1cnc2c(N)nnnc21. The van der Waals surface area contributed by atoms with Gasteiger partial charge in [-0.1, -0.05) is 0 Å². The molecular formula is C5H7N7. The fourth-order valence-corrected chi connectivity index (χ4v) is 0.942. The van der Waals surface area contributed by atoms with Crippen molar-refractivity contribution in [2.45, 2.75) is 0 Å². The summed E-state index contributed by atoms with van der Waals surface area (Å²) in [6.45, 7) is 0. The fourth-order valence-electron chi connectivity index (χ4n) is 0.942.